The molecule has 0 bridgehead atoms. The van der Waals surface area contributed by atoms with Gasteiger partial charge in [0, 0.05) is 43.5 Å². The lowest BCUT2D eigenvalue weighted by molar-refractivity contribution is -0.135. The van der Waals surface area contributed by atoms with Crippen LogP contribution in [0.25, 0.3) is 11.0 Å². The van der Waals surface area contributed by atoms with Crippen LogP contribution in [0.1, 0.15) is 41.8 Å². The van der Waals surface area contributed by atoms with Crippen LogP contribution in [0.2, 0.25) is 0 Å². The summed E-state index contributed by atoms with van der Waals surface area (Å²) in [7, 11) is 0. The summed E-state index contributed by atoms with van der Waals surface area (Å²) in [6.45, 7) is 6.10. The summed E-state index contributed by atoms with van der Waals surface area (Å²) in [6.07, 6.45) is 3.49. The Morgan fingerprint density at radius 3 is 2.75 bits per heavy atom. The predicted molar refractivity (Wildman–Crippen MR) is 106 cm³/mol. The summed E-state index contributed by atoms with van der Waals surface area (Å²) in [5.74, 6) is 1.53. The molecule has 2 amide bonds. The number of morpholine rings is 1. The summed E-state index contributed by atoms with van der Waals surface area (Å²) in [5, 5.41) is 0.966. The van der Waals surface area contributed by atoms with E-state index in [4.69, 9.17) is 9.15 Å². The lowest BCUT2D eigenvalue weighted by Crippen LogP contribution is -2.42. The van der Waals surface area contributed by atoms with Gasteiger partial charge >= 0.3 is 0 Å². The van der Waals surface area contributed by atoms with Gasteiger partial charge in [-0.05, 0) is 56.4 Å². The first-order chi connectivity index (χ1) is 13.6. The molecule has 150 valence electrons. The molecule has 3 heterocycles. The van der Waals surface area contributed by atoms with Crippen molar-refractivity contribution in [1.29, 1.82) is 0 Å². The Morgan fingerprint density at radius 1 is 1.11 bits per heavy atom. The molecular formula is C22H28N2O4. The minimum absolute atomic E-state index is 0.0740. The zero-order valence-corrected chi connectivity index (χ0v) is 16.5. The summed E-state index contributed by atoms with van der Waals surface area (Å²) < 4.78 is 10.9. The molecule has 2 saturated heterocycles. The third-order valence-electron chi connectivity index (χ3n) is 5.82. The van der Waals surface area contributed by atoms with Crippen LogP contribution < -0.4 is 0 Å². The van der Waals surface area contributed by atoms with Crippen LogP contribution in [-0.2, 0) is 9.53 Å². The number of ether oxygens (including phenoxy) is 1. The van der Waals surface area contributed by atoms with E-state index in [1.54, 1.807) is 0 Å². The summed E-state index contributed by atoms with van der Waals surface area (Å²) in [5.41, 5.74) is 1.52. The Morgan fingerprint density at radius 2 is 1.93 bits per heavy atom. The van der Waals surface area contributed by atoms with Gasteiger partial charge in [-0.2, -0.15) is 0 Å². The SMILES string of the molecule is Cc1cc2cc(C(=O)N3CCCC(CCC(=O)N4CCOCC4)C3)ccc2o1. The Bertz CT molecular complexity index is 853. The second-order valence-electron chi connectivity index (χ2n) is 7.90. The molecule has 0 saturated carbocycles. The molecule has 0 spiro atoms. The van der Waals surface area contributed by atoms with Gasteiger partial charge < -0.3 is 19.0 Å². The number of rotatable bonds is 4. The number of aryl methyl sites for hydroxylation is 1. The van der Waals surface area contributed by atoms with Crippen LogP contribution in [0.5, 0.6) is 0 Å². The highest BCUT2D eigenvalue weighted by Gasteiger charge is 2.26. The van der Waals surface area contributed by atoms with Crippen LogP contribution in [0.3, 0.4) is 0 Å². The number of furan rings is 1. The average Bonchev–Trinajstić information content (AvgIpc) is 3.11. The van der Waals surface area contributed by atoms with Crippen molar-refractivity contribution in [1.82, 2.24) is 9.80 Å². The highest BCUT2D eigenvalue weighted by molar-refractivity contribution is 5.97. The van der Waals surface area contributed by atoms with E-state index in [9.17, 15) is 9.59 Å². The second-order valence-corrected chi connectivity index (χ2v) is 7.90. The smallest absolute Gasteiger partial charge is 0.253 e. The van der Waals surface area contributed by atoms with E-state index in [1.807, 2.05) is 41.0 Å². The molecule has 0 aliphatic carbocycles. The number of hydrogen-bond donors (Lipinski definition) is 0. The van der Waals surface area contributed by atoms with Gasteiger partial charge in [0.1, 0.15) is 11.3 Å². The zero-order chi connectivity index (χ0) is 19.5. The number of fused-ring (bicyclic) bond motifs is 1. The zero-order valence-electron chi connectivity index (χ0n) is 16.5. The van der Waals surface area contributed by atoms with Crippen LogP contribution >= 0.6 is 0 Å². The van der Waals surface area contributed by atoms with Crippen LogP contribution in [0.4, 0.5) is 0 Å². The molecule has 0 radical (unpaired) electrons. The third kappa shape index (κ3) is 4.22. The first-order valence-corrected chi connectivity index (χ1v) is 10.2. The van der Waals surface area contributed by atoms with Crippen LogP contribution in [0, 0.1) is 12.8 Å². The van der Waals surface area contributed by atoms with Gasteiger partial charge in [0.25, 0.3) is 5.91 Å². The Hall–Kier alpha value is -2.34. The number of benzene rings is 1. The van der Waals surface area contributed by atoms with Gasteiger partial charge in [-0.3, -0.25) is 9.59 Å². The highest BCUT2D eigenvalue weighted by atomic mass is 16.5. The standard InChI is InChI=1S/C22H28N2O4/c1-16-13-19-14-18(5-6-20(19)28-16)22(26)24-8-2-3-17(15-24)4-7-21(25)23-9-11-27-12-10-23/h5-6,13-14,17H,2-4,7-12,15H2,1H3. The number of carbonyl (C=O) groups is 2. The van der Waals surface area contributed by atoms with Gasteiger partial charge in [-0.1, -0.05) is 0 Å². The largest absolute Gasteiger partial charge is 0.461 e. The maximum Gasteiger partial charge on any atom is 0.253 e. The number of hydrogen-bond acceptors (Lipinski definition) is 4. The monoisotopic (exact) mass is 384 g/mol. The fourth-order valence-corrected chi connectivity index (χ4v) is 4.28. The minimum Gasteiger partial charge on any atom is -0.461 e. The van der Waals surface area contributed by atoms with Gasteiger partial charge in [0.2, 0.25) is 5.91 Å². The van der Waals surface area contributed by atoms with Crippen LogP contribution in [0.15, 0.2) is 28.7 Å². The summed E-state index contributed by atoms with van der Waals surface area (Å²) in [6, 6.07) is 7.60. The van der Waals surface area contributed by atoms with E-state index >= 15 is 0 Å². The molecule has 0 N–H and O–H groups in total. The quantitative estimate of drug-likeness (QED) is 0.812. The van der Waals surface area contributed by atoms with Crippen molar-refractivity contribution < 1.29 is 18.7 Å². The third-order valence-corrected chi connectivity index (χ3v) is 5.82. The minimum atomic E-state index is 0.0740. The first kappa shape index (κ1) is 19.0. The van der Waals surface area contributed by atoms with Crippen molar-refractivity contribution in [3.05, 3.63) is 35.6 Å². The molecule has 2 fully saturated rings. The molecule has 2 aromatic rings. The maximum absolute atomic E-state index is 13.0. The van der Waals surface area contributed by atoms with E-state index in [1.165, 1.54) is 0 Å². The fourth-order valence-electron chi connectivity index (χ4n) is 4.28. The van der Waals surface area contributed by atoms with E-state index in [2.05, 4.69) is 0 Å². The number of amides is 2. The Balaban J connectivity index is 1.34. The molecule has 1 aromatic heterocycles. The number of piperidine rings is 1. The fraction of sp³-hybridized carbons (Fsp3) is 0.545. The van der Waals surface area contributed by atoms with Crippen LogP contribution in [-0.4, -0.2) is 61.0 Å². The Kier molecular flexibility index (Phi) is 5.67. The predicted octanol–water partition coefficient (Wildman–Crippen LogP) is 3.23. The van der Waals surface area contributed by atoms with Crippen molar-refractivity contribution in [2.45, 2.75) is 32.6 Å². The van der Waals surface area contributed by atoms with E-state index < -0.39 is 0 Å². The lowest BCUT2D eigenvalue weighted by Gasteiger charge is -2.33. The molecule has 28 heavy (non-hydrogen) atoms. The Labute approximate surface area is 165 Å². The van der Waals surface area contributed by atoms with E-state index in [0.29, 0.717) is 44.2 Å². The molecule has 6 nitrogen and oxygen atoms in total. The molecule has 1 unspecified atom stereocenters. The van der Waals surface area contributed by atoms with Gasteiger partial charge in [-0.25, -0.2) is 0 Å². The number of likely N-dealkylation sites (tertiary alicyclic amines) is 1. The van der Waals surface area contributed by atoms with Gasteiger partial charge in [0.05, 0.1) is 13.2 Å². The maximum atomic E-state index is 13.0. The normalized spacial score (nSPS) is 20.5. The molecule has 2 aliphatic heterocycles. The molecular weight excluding hydrogens is 356 g/mol. The summed E-state index contributed by atoms with van der Waals surface area (Å²) in [4.78, 5) is 29.2. The number of nitrogens with zero attached hydrogens (tertiary/aromatic N) is 2. The van der Waals surface area contributed by atoms with Crippen molar-refractivity contribution in [2.75, 3.05) is 39.4 Å². The van der Waals surface area contributed by atoms with Crippen molar-refractivity contribution in [2.24, 2.45) is 5.92 Å². The van der Waals surface area contributed by atoms with Gasteiger partial charge in [0.15, 0.2) is 0 Å². The van der Waals surface area contributed by atoms with E-state index in [0.717, 1.165) is 49.1 Å². The molecule has 6 heteroatoms. The second kappa shape index (κ2) is 8.35. The molecule has 1 atom stereocenters. The summed E-state index contributed by atoms with van der Waals surface area (Å²) >= 11 is 0. The topological polar surface area (TPSA) is 63.0 Å². The highest BCUT2D eigenvalue weighted by Crippen LogP contribution is 2.25. The number of carbonyl (C=O) groups excluding carboxylic acids is 2. The van der Waals surface area contributed by atoms with Gasteiger partial charge in [-0.15, -0.1) is 0 Å². The van der Waals surface area contributed by atoms with Crippen molar-refractivity contribution >= 4 is 22.8 Å². The van der Waals surface area contributed by atoms with Crippen molar-refractivity contribution in [3.8, 4) is 0 Å². The average molecular weight is 384 g/mol. The van der Waals surface area contributed by atoms with Crippen molar-refractivity contribution in [3.63, 3.8) is 0 Å². The lowest BCUT2D eigenvalue weighted by atomic mass is 9.92. The van der Waals surface area contributed by atoms with E-state index in [-0.39, 0.29) is 11.8 Å². The molecule has 4 rings (SSSR count). The first-order valence-electron chi connectivity index (χ1n) is 10.2. The molecule has 1 aromatic carbocycles. The molecule has 2 aliphatic rings.